The molecule has 58 heavy (non-hydrogen) atoms. The number of nitrogens with one attached hydrogen (secondary N) is 1. The molecule has 7 aromatic rings. The average molecular weight is 860 g/mol. The molecule has 0 saturated carbocycles. The van der Waals surface area contributed by atoms with Crippen LogP contribution in [0.25, 0.3) is 0 Å². The molecule has 14 heteroatoms. The summed E-state index contributed by atoms with van der Waals surface area (Å²) in [7, 11) is -6.30. The van der Waals surface area contributed by atoms with E-state index >= 15 is 0 Å². The van der Waals surface area contributed by atoms with Gasteiger partial charge < -0.3 is 14.4 Å². The second kappa shape index (κ2) is 22.1. The first-order valence-corrected chi connectivity index (χ1v) is 20.8. The summed E-state index contributed by atoms with van der Waals surface area (Å²) in [5.74, 6) is -0.609. The molecule has 7 aromatic carbocycles. The van der Waals surface area contributed by atoms with Crippen LogP contribution in [0.3, 0.4) is 0 Å². The first kappa shape index (κ1) is 43.1. The number of benzene rings is 7. The van der Waals surface area contributed by atoms with Crippen LogP contribution < -0.4 is 23.4 Å². The Labute approximate surface area is 345 Å². The van der Waals surface area contributed by atoms with Crippen molar-refractivity contribution in [3.05, 3.63) is 221 Å². The molecule has 0 saturated heterocycles. The Morgan fingerprint density at radius 1 is 0.552 bits per heavy atom. The number of carbonyl (C=O) groups excluding carboxylic acids is 1. The number of hydrogen-bond donors (Lipinski definition) is 1. The Bertz CT molecular complexity index is 2320. The van der Waals surface area contributed by atoms with E-state index in [1.54, 1.807) is 109 Å². The Morgan fingerprint density at radius 2 is 0.948 bits per heavy atom. The van der Waals surface area contributed by atoms with E-state index in [1.807, 2.05) is 42.5 Å². The quantitative estimate of drug-likeness (QED) is 0.0904. The largest absolute Gasteiger partial charge is 0.805 e. The lowest BCUT2D eigenvalue weighted by atomic mass is 10.2. The average Bonchev–Trinajstić information content (AvgIpc) is 3.24. The van der Waals surface area contributed by atoms with Crippen molar-refractivity contribution in [3.8, 4) is 23.0 Å². The van der Waals surface area contributed by atoms with Crippen molar-refractivity contribution in [1.29, 1.82) is 0 Å². The summed E-state index contributed by atoms with van der Waals surface area (Å²) in [6, 6.07) is 52.1. The maximum atomic E-state index is 15.0. The molecule has 0 heterocycles. The summed E-state index contributed by atoms with van der Waals surface area (Å²) >= 11 is 11.6. The Morgan fingerprint density at radius 3 is 1.38 bits per heavy atom. The molecule has 0 bridgehead atoms. The number of aldehydes is 1. The summed E-state index contributed by atoms with van der Waals surface area (Å²) in [4.78, 5) is 10.1. The molecule has 1 atom stereocenters. The topological polar surface area (TPSA) is 100 Å². The third kappa shape index (κ3) is 13.6. The highest BCUT2D eigenvalue weighted by Crippen LogP contribution is 2.60. The molecule has 0 spiro atoms. The Kier molecular flexibility index (Phi) is 16.4. The van der Waals surface area contributed by atoms with Gasteiger partial charge in [0.2, 0.25) is 0 Å². The summed E-state index contributed by atoms with van der Waals surface area (Å²) < 4.78 is 75.5. The zero-order valence-electron chi connectivity index (χ0n) is 30.3. The third-order valence-electron chi connectivity index (χ3n) is 7.53. The number of rotatable bonds is 13. The van der Waals surface area contributed by atoms with E-state index < -0.39 is 33.3 Å². The second-order valence-electron chi connectivity index (χ2n) is 11.7. The summed E-state index contributed by atoms with van der Waals surface area (Å²) in [6.45, 7) is 0. The fraction of sp³-hybridized carbons (Fsp3) is 0.0227. The van der Waals surface area contributed by atoms with Gasteiger partial charge in [0, 0.05) is 25.9 Å². The van der Waals surface area contributed by atoms with E-state index in [1.165, 1.54) is 30.3 Å². The van der Waals surface area contributed by atoms with E-state index in [9.17, 15) is 22.7 Å². The lowest BCUT2D eigenvalue weighted by Crippen LogP contribution is -2.19. The zero-order chi connectivity index (χ0) is 41.2. The minimum atomic E-state index is -4.12. The molecule has 0 fully saturated rings. The first-order chi connectivity index (χ1) is 28.1. The molecule has 0 amide bonds. The van der Waals surface area contributed by atoms with Gasteiger partial charge in [0.1, 0.15) is 23.1 Å². The van der Waals surface area contributed by atoms with Gasteiger partial charge in [-0.25, -0.2) is 22.4 Å². The molecule has 7 rings (SSSR count). The Hall–Kier alpha value is -6.02. The van der Waals surface area contributed by atoms with Crippen LogP contribution in [-0.2, 0) is 9.13 Å². The predicted molar refractivity (Wildman–Crippen MR) is 225 cm³/mol. The van der Waals surface area contributed by atoms with Crippen molar-refractivity contribution in [3.63, 3.8) is 0 Å². The van der Waals surface area contributed by atoms with Gasteiger partial charge in [0.25, 0.3) is 0 Å². The fourth-order valence-corrected chi connectivity index (χ4v) is 7.79. The standard InChI is InChI=1S/C25H20ClFNO3P.C12H10O3P.C7H4ClFO/c26-19-16-17-24(27)23(18-19)25(28-20-10-4-1-5-11-20)32(29,30-21-12-6-2-7-13-21)31-22-14-8-3-9-15-22;13-16(14-11-7-3-1-4-8-11)15-12-9-5-2-6-10-12;8-6-1-2-7(9)5(3-6)4-10/h1-18,25,28H;1-10H;1-4H/q;+1;. The summed E-state index contributed by atoms with van der Waals surface area (Å²) in [5.41, 5.74) is 0.675. The van der Waals surface area contributed by atoms with Gasteiger partial charge in [-0.3, -0.25) is 4.79 Å². The SMILES string of the molecule is O=Cc1cc(Cl)ccc1F.O=P(Oc1ccccc1)(Oc1ccccc1)C(Nc1ccccc1)c1cc(Cl)ccc1F.O=[P+](Oc1ccccc1)Oc1ccccc1. The molecule has 0 aliphatic rings. The highest BCUT2D eigenvalue weighted by atomic mass is 35.5. The van der Waals surface area contributed by atoms with E-state index in [4.69, 9.17) is 41.3 Å². The van der Waals surface area contributed by atoms with Gasteiger partial charge in [-0.05, 0) is 97.1 Å². The van der Waals surface area contributed by atoms with Gasteiger partial charge in [-0.1, -0.05) is 114 Å². The highest BCUT2D eigenvalue weighted by Gasteiger charge is 2.42. The van der Waals surface area contributed by atoms with Crippen LogP contribution in [0.1, 0.15) is 21.7 Å². The highest BCUT2D eigenvalue weighted by molar-refractivity contribution is 7.55. The molecule has 0 radical (unpaired) electrons. The second-order valence-corrected chi connectivity index (χ2v) is 15.4. The number of anilines is 1. The monoisotopic (exact) mass is 858 g/mol. The molecule has 1 N–H and O–H groups in total. The minimum absolute atomic E-state index is 0.00694. The van der Waals surface area contributed by atoms with Crippen molar-refractivity contribution in [2.75, 3.05) is 5.32 Å². The molecule has 1 unspecified atom stereocenters. The van der Waals surface area contributed by atoms with Crippen molar-refractivity contribution in [2.45, 2.75) is 5.78 Å². The lowest BCUT2D eigenvalue weighted by molar-refractivity contribution is 0.111. The van der Waals surface area contributed by atoms with Gasteiger partial charge in [-0.15, -0.1) is 0 Å². The summed E-state index contributed by atoms with van der Waals surface area (Å²) in [5, 5.41) is 3.80. The van der Waals surface area contributed by atoms with E-state index in [0.717, 1.165) is 6.07 Å². The van der Waals surface area contributed by atoms with Gasteiger partial charge in [0.15, 0.2) is 23.6 Å². The number of carbonyl (C=O) groups is 1. The molecule has 0 aromatic heterocycles. The van der Waals surface area contributed by atoms with Crippen LogP contribution in [0, 0.1) is 11.6 Å². The van der Waals surface area contributed by atoms with Gasteiger partial charge >= 0.3 is 15.9 Å². The van der Waals surface area contributed by atoms with Crippen molar-refractivity contribution in [2.24, 2.45) is 0 Å². The first-order valence-electron chi connectivity index (χ1n) is 17.3. The van der Waals surface area contributed by atoms with Gasteiger partial charge in [0.05, 0.1) is 5.56 Å². The molecule has 0 aliphatic carbocycles. The van der Waals surface area contributed by atoms with Gasteiger partial charge in [-0.2, -0.15) is 0 Å². The van der Waals surface area contributed by atoms with Crippen molar-refractivity contribution < 1.29 is 40.8 Å². The van der Waals surface area contributed by atoms with Crippen LogP contribution in [0.2, 0.25) is 10.0 Å². The van der Waals surface area contributed by atoms with Crippen LogP contribution in [0.4, 0.5) is 14.5 Å². The van der Waals surface area contributed by atoms with Crippen LogP contribution in [0.15, 0.2) is 188 Å². The van der Waals surface area contributed by atoms with Crippen molar-refractivity contribution >= 4 is 51.0 Å². The smallest absolute Gasteiger partial charge is 0.414 e. The molecule has 8 nitrogen and oxygen atoms in total. The Balaban J connectivity index is 0.000000202. The maximum absolute atomic E-state index is 15.0. The molecular formula is C44H34Cl2F2NO7P2+. The summed E-state index contributed by atoms with van der Waals surface area (Å²) in [6.07, 6.45) is 0.432. The number of halogens is 4. The van der Waals surface area contributed by atoms with Crippen LogP contribution in [-0.4, -0.2) is 6.29 Å². The van der Waals surface area contributed by atoms with Crippen LogP contribution in [0.5, 0.6) is 23.0 Å². The number of hydrogen-bond acceptors (Lipinski definition) is 8. The maximum Gasteiger partial charge on any atom is 0.805 e. The predicted octanol–water partition coefficient (Wildman–Crippen LogP) is 14.0. The molecular weight excluding hydrogens is 825 g/mol. The fourth-order valence-electron chi connectivity index (χ4n) is 4.88. The van der Waals surface area contributed by atoms with Crippen LogP contribution >= 0.6 is 39.1 Å². The molecule has 294 valence electrons. The van der Waals surface area contributed by atoms with Crippen molar-refractivity contribution in [1.82, 2.24) is 0 Å². The minimum Gasteiger partial charge on any atom is -0.414 e. The number of para-hydroxylation sites is 5. The third-order valence-corrected chi connectivity index (χ3v) is 10.7. The normalized spacial score (nSPS) is 10.9. The van der Waals surface area contributed by atoms with E-state index in [-0.39, 0.29) is 11.1 Å². The molecule has 0 aliphatic heterocycles. The van der Waals surface area contributed by atoms with E-state index in [0.29, 0.717) is 45.0 Å². The lowest BCUT2D eigenvalue weighted by Gasteiger charge is -2.29. The van der Waals surface area contributed by atoms with E-state index in [2.05, 4.69) is 5.32 Å². The zero-order valence-corrected chi connectivity index (χ0v) is 33.6.